The van der Waals surface area contributed by atoms with E-state index in [9.17, 15) is 10.1 Å². The third kappa shape index (κ3) is 2.70. The summed E-state index contributed by atoms with van der Waals surface area (Å²) in [5.74, 6) is 1.00. The first-order chi connectivity index (χ1) is 12.1. The van der Waals surface area contributed by atoms with Gasteiger partial charge in [-0.25, -0.2) is 0 Å². The molecule has 25 heavy (non-hydrogen) atoms. The van der Waals surface area contributed by atoms with Crippen molar-refractivity contribution in [2.45, 2.75) is 18.4 Å². The van der Waals surface area contributed by atoms with Gasteiger partial charge < -0.3 is 10.1 Å². The van der Waals surface area contributed by atoms with E-state index in [4.69, 9.17) is 4.74 Å². The highest BCUT2D eigenvalue weighted by Gasteiger charge is 2.40. The fourth-order valence-corrected chi connectivity index (χ4v) is 4.18. The van der Waals surface area contributed by atoms with Gasteiger partial charge in [0.05, 0.1) is 29.8 Å². The summed E-state index contributed by atoms with van der Waals surface area (Å²) in [7, 11) is 1.55. The number of ether oxygens (including phenoxy) is 1. The van der Waals surface area contributed by atoms with E-state index < -0.39 is 0 Å². The van der Waals surface area contributed by atoms with E-state index in [0.717, 1.165) is 22.1 Å². The second kappa shape index (κ2) is 6.19. The predicted molar refractivity (Wildman–Crippen MR) is 100 cm³/mol. The van der Waals surface area contributed by atoms with Crippen LogP contribution in [0.4, 0.5) is 11.4 Å². The second-order valence-electron chi connectivity index (χ2n) is 6.40. The Bertz CT molecular complexity index is 864. The van der Waals surface area contributed by atoms with Gasteiger partial charge in [-0.15, -0.1) is 0 Å². The summed E-state index contributed by atoms with van der Waals surface area (Å²) >= 11 is 3.48. The van der Waals surface area contributed by atoms with Crippen LogP contribution in [0.25, 0.3) is 0 Å². The highest BCUT2D eigenvalue weighted by Crippen LogP contribution is 2.53. The van der Waals surface area contributed by atoms with Gasteiger partial charge in [0.2, 0.25) is 0 Å². The monoisotopic (exact) mass is 400 g/mol. The zero-order valence-electron chi connectivity index (χ0n) is 13.6. The number of nitro benzene ring substituents is 1. The van der Waals surface area contributed by atoms with E-state index in [1.54, 1.807) is 13.2 Å². The lowest BCUT2D eigenvalue weighted by Crippen LogP contribution is -2.29. The molecule has 0 saturated heterocycles. The summed E-state index contributed by atoms with van der Waals surface area (Å²) in [5.41, 5.74) is 3.07. The molecule has 0 aromatic heterocycles. The molecule has 0 fully saturated rings. The minimum atomic E-state index is -0.364. The van der Waals surface area contributed by atoms with Crippen molar-refractivity contribution >= 4 is 27.3 Å². The third-order valence-electron chi connectivity index (χ3n) is 5.08. The number of rotatable bonds is 3. The van der Waals surface area contributed by atoms with Gasteiger partial charge in [0.25, 0.3) is 5.69 Å². The molecular formula is C19H17BrN2O3. The lowest BCUT2D eigenvalue weighted by atomic mass is 9.76. The number of hydrogen-bond donors (Lipinski definition) is 1. The van der Waals surface area contributed by atoms with Crippen molar-refractivity contribution in [1.82, 2.24) is 0 Å². The molecule has 1 N–H and O–H groups in total. The van der Waals surface area contributed by atoms with E-state index in [0.29, 0.717) is 11.7 Å². The number of nitro groups is 1. The number of non-ortho nitro benzene ring substituents is 1. The first-order valence-corrected chi connectivity index (χ1v) is 8.93. The average molecular weight is 401 g/mol. The van der Waals surface area contributed by atoms with Crippen LogP contribution >= 0.6 is 15.9 Å². The standard InChI is InChI=1S/C19H17BrN2O3/c1-25-17-10-13(22(23)24)9-16-14-3-2-4-15(14)18(21-19(16)17)11-5-7-12(20)8-6-11/h2-3,5-10,14-15,18,21H,4H2,1H3/t14-,15-,18+/m1/s1. The van der Waals surface area contributed by atoms with Crippen LogP contribution in [-0.2, 0) is 0 Å². The fraction of sp³-hybridized carbons (Fsp3) is 0.263. The molecule has 0 amide bonds. The maximum Gasteiger partial charge on any atom is 0.273 e. The Kier molecular flexibility index (Phi) is 4.00. The first-order valence-electron chi connectivity index (χ1n) is 8.13. The maximum atomic E-state index is 11.3. The van der Waals surface area contributed by atoms with E-state index in [-0.39, 0.29) is 22.6 Å². The quantitative estimate of drug-likeness (QED) is 0.437. The van der Waals surface area contributed by atoms with Crippen LogP contribution in [-0.4, -0.2) is 12.0 Å². The molecule has 4 rings (SSSR count). The number of allylic oxidation sites excluding steroid dienone is 2. The van der Waals surface area contributed by atoms with Gasteiger partial charge in [-0.05, 0) is 35.6 Å². The largest absolute Gasteiger partial charge is 0.494 e. The van der Waals surface area contributed by atoms with E-state index in [1.165, 1.54) is 11.6 Å². The molecule has 128 valence electrons. The van der Waals surface area contributed by atoms with Gasteiger partial charge in [-0.2, -0.15) is 0 Å². The Morgan fingerprint density at radius 2 is 2.04 bits per heavy atom. The summed E-state index contributed by atoms with van der Waals surface area (Å²) in [4.78, 5) is 10.9. The fourth-order valence-electron chi connectivity index (χ4n) is 3.92. The third-order valence-corrected chi connectivity index (χ3v) is 5.61. The minimum Gasteiger partial charge on any atom is -0.494 e. The molecule has 0 saturated carbocycles. The topological polar surface area (TPSA) is 64.4 Å². The van der Waals surface area contributed by atoms with Crippen LogP contribution in [0.1, 0.15) is 29.5 Å². The summed E-state index contributed by atoms with van der Waals surface area (Å²) in [6, 6.07) is 11.6. The normalized spacial score (nSPS) is 23.5. The van der Waals surface area contributed by atoms with E-state index in [2.05, 4.69) is 45.5 Å². The Labute approximate surface area is 154 Å². The lowest BCUT2D eigenvalue weighted by molar-refractivity contribution is -0.385. The molecule has 2 aromatic carbocycles. The Hall–Kier alpha value is -2.34. The smallest absolute Gasteiger partial charge is 0.273 e. The Morgan fingerprint density at radius 1 is 1.28 bits per heavy atom. The molecule has 0 radical (unpaired) electrons. The second-order valence-corrected chi connectivity index (χ2v) is 7.31. The van der Waals surface area contributed by atoms with Crippen molar-refractivity contribution in [2.75, 3.05) is 12.4 Å². The van der Waals surface area contributed by atoms with Gasteiger partial charge in [0, 0.05) is 16.5 Å². The predicted octanol–water partition coefficient (Wildman–Crippen LogP) is 5.19. The maximum absolute atomic E-state index is 11.3. The molecule has 0 unspecified atom stereocenters. The number of benzene rings is 2. The van der Waals surface area contributed by atoms with Gasteiger partial charge >= 0.3 is 0 Å². The number of nitrogens with one attached hydrogen (secondary N) is 1. The van der Waals surface area contributed by atoms with Crippen molar-refractivity contribution in [3.05, 3.63) is 74.3 Å². The number of methoxy groups -OCH3 is 1. The highest BCUT2D eigenvalue weighted by atomic mass is 79.9. The van der Waals surface area contributed by atoms with Gasteiger partial charge in [-0.1, -0.05) is 40.2 Å². The Balaban J connectivity index is 1.84. The SMILES string of the molecule is COc1cc([N+](=O)[O-])cc2c1N[C@@H](c1ccc(Br)cc1)[C@@H]1CC=C[C@@H]21. The molecule has 1 heterocycles. The van der Waals surface area contributed by atoms with E-state index >= 15 is 0 Å². The number of halogens is 1. The number of anilines is 1. The van der Waals surface area contributed by atoms with Crippen LogP contribution in [0.2, 0.25) is 0 Å². The molecule has 1 aliphatic heterocycles. The lowest BCUT2D eigenvalue weighted by Gasteiger charge is -2.38. The zero-order chi connectivity index (χ0) is 17.6. The molecule has 6 heteroatoms. The molecular weight excluding hydrogens is 384 g/mol. The summed E-state index contributed by atoms with van der Waals surface area (Å²) in [6.45, 7) is 0. The summed E-state index contributed by atoms with van der Waals surface area (Å²) in [5, 5.41) is 14.9. The molecule has 2 aliphatic rings. The zero-order valence-corrected chi connectivity index (χ0v) is 15.2. The Morgan fingerprint density at radius 3 is 2.72 bits per heavy atom. The molecule has 0 spiro atoms. The van der Waals surface area contributed by atoms with Gasteiger partial charge in [0.1, 0.15) is 5.75 Å². The molecule has 5 nitrogen and oxygen atoms in total. The van der Waals surface area contributed by atoms with E-state index in [1.807, 2.05) is 12.1 Å². The molecule has 3 atom stereocenters. The van der Waals surface area contributed by atoms with Crippen LogP contribution in [0.15, 0.2) is 53.0 Å². The van der Waals surface area contributed by atoms with Crippen molar-refractivity contribution in [3.8, 4) is 5.75 Å². The molecule has 0 bridgehead atoms. The van der Waals surface area contributed by atoms with Crippen LogP contribution < -0.4 is 10.1 Å². The van der Waals surface area contributed by atoms with Crippen molar-refractivity contribution in [1.29, 1.82) is 0 Å². The van der Waals surface area contributed by atoms with Gasteiger partial charge in [0.15, 0.2) is 0 Å². The number of fused-ring (bicyclic) bond motifs is 3. The minimum absolute atomic E-state index is 0.0681. The summed E-state index contributed by atoms with van der Waals surface area (Å²) < 4.78 is 6.50. The highest BCUT2D eigenvalue weighted by molar-refractivity contribution is 9.10. The van der Waals surface area contributed by atoms with Crippen molar-refractivity contribution in [2.24, 2.45) is 5.92 Å². The van der Waals surface area contributed by atoms with Crippen LogP contribution in [0.5, 0.6) is 5.75 Å². The van der Waals surface area contributed by atoms with Crippen LogP contribution in [0.3, 0.4) is 0 Å². The summed E-state index contributed by atoms with van der Waals surface area (Å²) in [6.07, 6.45) is 5.28. The van der Waals surface area contributed by atoms with Crippen molar-refractivity contribution < 1.29 is 9.66 Å². The van der Waals surface area contributed by atoms with Gasteiger partial charge in [-0.3, -0.25) is 10.1 Å². The average Bonchev–Trinajstić information content (AvgIpc) is 3.10. The number of nitrogens with zero attached hydrogens (tertiary/aromatic N) is 1. The number of hydrogen-bond acceptors (Lipinski definition) is 4. The van der Waals surface area contributed by atoms with Crippen molar-refractivity contribution in [3.63, 3.8) is 0 Å². The molecule has 2 aromatic rings. The van der Waals surface area contributed by atoms with Crippen LogP contribution in [0, 0.1) is 16.0 Å². The molecule has 1 aliphatic carbocycles. The first kappa shape index (κ1) is 16.1.